The maximum atomic E-state index is 13.3. The number of aliphatic hydroxyl groups excluding tert-OH is 2. The molecular formula is C21H21NO7. The minimum absolute atomic E-state index is 0.102. The lowest BCUT2D eigenvalue weighted by Crippen LogP contribution is -2.58. The molecule has 0 radical (unpaired) electrons. The van der Waals surface area contributed by atoms with E-state index < -0.39 is 52.0 Å². The summed E-state index contributed by atoms with van der Waals surface area (Å²) in [6, 6.07) is 3.12. The van der Waals surface area contributed by atoms with Crippen LogP contribution in [-0.2, 0) is 20.8 Å². The molecule has 1 fully saturated rings. The first-order valence-corrected chi connectivity index (χ1v) is 9.33. The molecule has 0 spiro atoms. The summed E-state index contributed by atoms with van der Waals surface area (Å²) in [7, 11) is 1.27. The van der Waals surface area contributed by atoms with Crippen molar-refractivity contribution in [2.45, 2.75) is 31.8 Å². The molecule has 0 bridgehead atoms. The third-order valence-corrected chi connectivity index (χ3v) is 6.39. The van der Waals surface area contributed by atoms with Crippen molar-refractivity contribution < 1.29 is 34.8 Å². The fourth-order valence-corrected chi connectivity index (χ4v) is 4.88. The molecule has 1 aromatic carbocycles. The van der Waals surface area contributed by atoms with Crippen LogP contribution in [0, 0.1) is 18.8 Å². The summed E-state index contributed by atoms with van der Waals surface area (Å²) >= 11 is 0. The van der Waals surface area contributed by atoms with Gasteiger partial charge in [0.1, 0.15) is 22.8 Å². The number of rotatable bonds is 1. The number of hydrogen-bond acceptors (Lipinski definition) is 7. The van der Waals surface area contributed by atoms with Gasteiger partial charge in [-0.1, -0.05) is 6.07 Å². The van der Waals surface area contributed by atoms with Crippen LogP contribution >= 0.6 is 0 Å². The molecule has 29 heavy (non-hydrogen) atoms. The third kappa shape index (κ3) is 2.38. The number of nitrogens with one attached hydrogen (secondary N) is 1. The molecule has 8 heteroatoms. The van der Waals surface area contributed by atoms with Gasteiger partial charge < -0.3 is 25.7 Å². The van der Waals surface area contributed by atoms with Gasteiger partial charge in [-0.05, 0) is 42.9 Å². The van der Waals surface area contributed by atoms with Crippen LogP contribution in [0.15, 0.2) is 29.0 Å². The van der Waals surface area contributed by atoms with E-state index in [0.29, 0.717) is 12.0 Å². The number of carbonyl (C=O) groups excluding carboxylic acids is 3. The molecule has 0 heterocycles. The van der Waals surface area contributed by atoms with Crippen molar-refractivity contribution in [1.82, 2.24) is 5.32 Å². The van der Waals surface area contributed by atoms with E-state index in [-0.39, 0.29) is 29.7 Å². The van der Waals surface area contributed by atoms with Gasteiger partial charge >= 0.3 is 0 Å². The van der Waals surface area contributed by atoms with Crippen LogP contribution in [0.5, 0.6) is 5.75 Å². The van der Waals surface area contributed by atoms with Crippen LogP contribution in [0.3, 0.4) is 0 Å². The van der Waals surface area contributed by atoms with Gasteiger partial charge in [-0.2, -0.15) is 0 Å². The Morgan fingerprint density at radius 1 is 1.17 bits per heavy atom. The zero-order valence-electron chi connectivity index (χ0n) is 15.9. The fourth-order valence-electron chi connectivity index (χ4n) is 4.88. The Bertz CT molecular complexity index is 1050. The largest absolute Gasteiger partial charge is 0.508 e. The van der Waals surface area contributed by atoms with E-state index >= 15 is 0 Å². The second-order valence-electron chi connectivity index (χ2n) is 7.88. The zero-order chi connectivity index (χ0) is 21.2. The number of Topliss-reactive ketones (excluding diaryl/α,β-unsaturated/α-hetero) is 2. The molecule has 0 unspecified atom stereocenters. The van der Waals surface area contributed by atoms with Crippen LogP contribution in [0.2, 0.25) is 0 Å². The summed E-state index contributed by atoms with van der Waals surface area (Å²) in [5.74, 6) is -5.52. The van der Waals surface area contributed by atoms with Gasteiger partial charge in [-0.3, -0.25) is 14.4 Å². The van der Waals surface area contributed by atoms with Gasteiger partial charge in [0.25, 0.3) is 5.91 Å². The molecule has 1 amide bonds. The molecule has 3 aliphatic rings. The number of hydrogen-bond donors (Lipinski definition) is 5. The first-order valence-electron chi connectivity index (χ1n) is 9.33. The van der Waals surface area contributed by atoms with Crippen LogP contribution in [0.1, 0.15) is 29.5 Å². The lowest BCUT2D eigenvalue weighted by molar-refractivity contribution is -0.147. The average Bonchev–Trinajstić information content (AvgIpc) is 2.67. The Kier molecular flexibility index (Phi) is 4.09. The van der Waals surface area contributed by atoms with E-state index in [1.807, 2.05) is 6.92 Å². The molecule has 1 saturated carbocycles. The standard InChI is InChI=1S/C21H21NO7/c1-8-3-4-12(23)15-11(8)6-9-5-10-7-13(24)16(20(28)22-2)19(27)21(10,29)18(26)14(9)17(15)25/h3-4,9-10,23,25,27,29H,5-7H2,1-2H3,(H,22,28)/t9-,10+,21+/m1/s1. The highest BCUT2D eigenvalue weighted by atomic mass is 16.3. The van der Waals surface area contributed by atoms with E-state index in [1.54, 1.807) is 6.07 Å². The summed E-state index contributed by atoms with van der Waals surface area (Å²) in [6.07, 6.45) is 0.229. The van der Waals surface area contributed by atoms with E-state index in [4.69, 9.17) is 0 Å². The highest BCUT2D eigenvalue weighted by Crippen LogP contribution is 2.52. The number of aliphatic hydroxyl groups is 3. The number of aryl methyl sites for hydroxylation is 1. The number of amides is 1. The van der Waals surface area contributed by atoms with Gasteiger partial charge in [-0.15, -0.1) is 0 Å². The molecule has 0 aromatic heterocycles. The first kappa shape index (κ1) is 19.2. The molecule has 0 aliphatic heterocycles. The predicted octanol–water partition coefficient (Wildman–Crippen LogP) is 0.993. The SMILES string of the molecule is CNC(=O)C1=C(O)[C@@]2(O)C(=O)C3=C(O)c4c(O)ccc(C)c4C[C@H]3C[C@H]2CC1=O. The molecule has 5 N–H and O–H groups in total. The summed E-state index contributed by atoms with van der Waals surface area (Å²) < 4.78 is 0. The number of fused-ring (bicyclic) bond motifs is 3. The number of ketones is 2. The minimum Gasteiger partial charge on any atom is -0.508 e. The molecule has 3 aliphatic carbocycles. The molecule has 1 aromatic rings. The van der Waals surface area contributed by atoms with E-state index in [9.17, 15) is 34.8 Å². The van der Waals surface area contributed by atoms with Gasteiger partial charge in [-0.25, -0.2) is 0 Å². The van der Waals surface area contributed by atoms with Crippen molar-refractivity contribution >= 4 is 23.2 Å². The normalized spacial score (nSPS) is 28.7. The average molecular weight is 399 g/mol. The number of likely N-dealkylation sites (N-methyl/N-ethyl adjacent to an activating group) is 1. The maximum absolute atomic E-state index is 13.3. The monoisotopic (exact) mass is 399 g/mol. The Morgan fingerprint density at radius 3 is 2.52 bits per heavy atom. The van der Waals surface area contributed by atoms with Crippen LogP contribution in [-0.4, -0.2) is 50.5 Å². The van der Waals surface area contributed by atoms with Crippen LogP contribution in [0.25, 0.3) is 5.76 Å². The molecule has 3 atom stereocenters. The van der Waals surface area contributed by atoms with Crippen molar-refractivity contribution in [2.75, 3.05) is 7.05 Å². The summed E-state index contributed by atoms with van der Waals surface area (Å²) in [6.45, 7) is 1.83. The number of benzene rings is 1. The Morgan fingerprint density at radius 2 is 1.86 bits per heavy atom. The van der Waals surface area contributed by atoms with Gasteiger partial charge in [0, 0.05) is 25.0 Å². The molecule has 4 rings (SSSR count). The topological polar surface area (TPSA) is 144 Å². The van der Waals surface area contributed by atoms with Gasteiger partial charge in [0.15, 0.2) is 11.4 Å². The first-order chi connectivity index (χ1) is 13.6. The van der Waals surface area contributed by atoms with E-state index in [2.05, 4.69) is 5.32 Å². The Balaban J connectivity index is 1.93. The maximum Gasteiger partial charge on any atom is 0.258 e. The number of phenols is 1. The molecule has 8 nitrogen and oxygen atoms in total. The predicted molar refractivity (Wildman–Crippen MR) is 101 cm³/mol. The Hall–Kier alpha value is -3.13. The van der Waals surface area contributed by atoms with E-state index in [1.165, 1.54) is 13.1 Å². The third-order valence-electron chi connectivity index (χ3n) is 6.39. The highest BCUT2D eigenvalue weighted by Gasteiger charge is 2.60. The fraction of sp³-hybridized carbons (Fsp3) is 0.381. The summed E-state index contributed by atoms with van der Waals surface area (Å²) in [5, 5.41) is 45.1. The smallest absolute Gasteiger partial charge is 0.258 e. The van der Waals surface area contributed by atoms with Crippen molar-refractivity contribution in [2.24, 2.45) is 11.8 Å². The minimum atomic E-state index is -2.48. The van der Waals surface area contributed by atoms with E-state index in [0.717, 1.165) is 5.56 Å². The molecule has 0 saturated heterocycles. The summed E-state index contributed by atoms with van der Waals surface area (Å²) in [5.41, 5.74) is -1.56. The number of phenolic OH excluding ortho intramolecular Hbond substituents is 1. The second kappa shape index (κ2) is 6.18. The van der Waals surface area contributed by atoms with Crippen molar-refractivity contribution in [3.8, 4) is 5.75 Å². The second-order valence-corrected chi connectivity index (χ2v) is 7.88. The van der Waals surface area contributed by atoms with Crippen LogP contribution in [0.4, 0.5) is 0 Å². The highest BCUT2D eigenvalue weighted by molar-refractivity contribution is 6.23. The number of carbonyl (C=O) groups is 3. The zero-order valence-corrected chi connectivity index (χ0v) is 15.9. The lowest BCUT2D eigenvalue weighted by Gasteiger charge is -2.46. The van der Waals surface area contributed by atoms with Crippen LogP contribution < -0.4 is 5.32 Å². The van der Waals surface area contributed by atoms with Gasteiger partial charge in [0.05, 0.1) is 5.56 Å². The van der Waals surface area contributed by atoms with Gasteiger partial charge in [0.2, 0.25) is 5.78 Å². The molecular weight excluding hydrogens is 378 g/mol. The lowest BCUT2D eigenvalue weighted by atomic mass is 9.59. The molecule has 152 valence electrons. The quantitative estimate of drug-likeness (QED) is 0.443. The van der Waals surface area contributed by atoms with Crippen molar-refractivity contribution in [3.05, 3.63) is 45.7 Å². The van der Waals surface area contributed by atoms with Crippen molar-refractivity contribution in [3.63, 3.8) is 0 Å². The van der Waals surface area contributed by atoms with Crippen molar-refractivity contribution in [1.29, 1.82) is 0 Å². The Labute approximate surface area is 166 Å². The number of aromatic hydroxyl groups is 1. The summed E-state index contributed by atoms with van der Waals surface area (Å²) in [4.78, 5) is 37.8.